The summed E-state index contributed by atoms with van der Waals surface area (Å²) in [5.41, 5.74) is 7.55. The second-order valence-electron chi connectivity index (χ2n) is 5.92. The SMILES string of the molecule is CC(NC(N)=NCCS(=O)(=O)NCc1ccccc1)c1ccc(Cl)cc1Cl. The number of hydrogen-bond acceptors (Lipinski definition) is 3. The van der Waals surface area contributed by atoms with Crippen LogP contribution in [0.4, 0.5) is 0 Å². The third-order valence-corrected chi connectivity index (χ3v) is 5.64. The van der Waals surface area contributed by atoms with E-state index in [9.17, 15) is 8.42 Å². The summed E-state index contributed by atoms with van der Waals surface area (Å²) in [5.74, 6) is -0.00931. The normalized spacial score (nSPS) is 13.4. The van der Waals surface area contributed by atoms with E-state index in [-0.39, 0.29) is 30.8 Å². The van der Waals surface area contributed by atoms with Gasteiger partial charge in [0.05, 0.1) is 18.3 Å². The molecule has 0 heterocycles. The van der Waals surface area contributed by atoms with Crippen LogP contribution >= 0.6 is 23.2 Å². The largest absolute Gasteiger partial charge is 0.370 e. The molecule has 4 N–H and O–H groups in total. The van der Waals surface area contributed by atoms with Gasteiger partial charge >= 0.3 is 0 Å². The molecular formula is C18H22Cl2N4O2S. The number of nitrogens with zero attached hydrogens (tertiary/aromatic N) is 1. The van der Waals surface area contributed by atoms with Gasteiger partial charge < -0.3 is 11.1 Å². The number of rotatable bonds is 8. The van der Waals surface area contributed by atoms with E-state index in [0.29, 0.717) is 10.0 Å². The third-order valence-electron chi connectivity index (χ3n) is 3.77. The highest BCUT2D eigenvalue weighted by Gasteiger charge is 2.12. The molecule has 9 heteroatoms. The summed E-state index contributed by atoms with van der Waals surface area (Å²) < 4.78 is 26.6. The number of benzene rings is 2. The van der Waals surface area contributed by atoms with E-state index in [0.717, 1.165) is 11.1 Å². The standard InChI is InChI=1S/C18H22Cl2N4O2S/c1-13(16-8-7-15(19)11-17(16)20)24-18(21)22-9-10-27(25,26)23-12-14-5-3-2-4-6-14/h2-8,11,13,23H,9-10,12H2,1H3,(H3,21,22,24). The number of aliphatic imine (C=N–C) groups is 1. The van der Waals surface area contributed by atoms with Gasteiger partial charge in [-0.15, -0.1) is 0 Å². The molecule has 0 saturated heterocycles. The van der Waals surface area contributed by atoms with E-state index in [1.165, 1.54) is 0 Å². The first kappa shape index (κ1) is 21.5. The van der Waals surface area contributed by atoms with Gasteiger partial charge in [0.15, 0.2) is 5.96 Å². The summed E-state index contributed by atoms with van der Waals surface area (Å²) in [7, 11) is -3.44. The fourth-order valence-electron chi connectivity index (χ4n) is 2.35. The Kier molecular flexibility index (Phi) is 7.91. The third kappa shape index (κ3) is 7.38. The zero-order valence-corrected chi connectivity index (χ0v) is 17.2. The van der Waals surface area contributed by atoms with Gasteiger partial charge in [-0.25, -0.2) is 13.1 Å². The van der Waals surface area contributed by atoms with Crippen molar-refractivity contribution in [2.75, 3.05) is 12.3 Å². The number of nitrogens with two attached hydrogens (primary N) is 1. The van der Waals surface area contributed by atoms with Crippen molar-refractivity contribution in [3.05, 3.63) is 69.7 Å². The van der Waals surface area contributed by atoms with Crippen molar-refractivity contribution in [3.63, 3.8) is 0 Å². The lowest BCUT2D eigenvalue weighted by molar-refractivity contribution is 0.581. The highest BCUT2D eigenvalue weighted by atomic mass is 35.5. The maximum absolute atomic E-state index is 12.0. The van der Waals surface area contributed by atoms with Crippen molar-refractivity contribution < 1.29 is 8.42 Å². The van der Waals surface area contributed by atoms with E-state index < -0.39 is 10.0 Å². The first-order valence-corrected chi connectivity index (χ1v) is 10.7. The number of sulfonamides is 1. The minimum Gasteiger partial charge on any atom is -0.370 e. The molecule has 0 aliphatic carbocycles. The number of halogens is 2. The number of guanidine groups is 1. The molecule has 0 bridgehead atoms. The second-order valence-corrected chi connectivity index (χ2v) is 8.69. The van der Waals surface area contributed by atoms with E-state index >= 15 is 0 Å². The molecule has 0 radical (unpaired) electrons. The van der Waals surface area contributed by atoms with Crippen LogP contribution in [0.3, 0.4) is 0 Å². The van der Waals surface area contributed by atoms with Gasteiger partial charge in [0, 0.05) is 16.6 Å². The molecular weight excluding hydrogens is 407 g/mol. The van der Waals surface area contributed by atoms with Crippen molar-refractivity contribution in [2.24, 2.45) is 10.7 Å². The van der Waals surface area contributed by atoms with Crippen LogP contribution in [0.2, 0.25) is 10.0 Å². The fraction of sp³-hybridized carbons (Fsp3) is 0.278. The van der Waals surface area contributed by atoms with Crippen LogP contribution in [0, 0.1) is 0 Å². The molecule has 0 amide bonds. The van der Waals surface area contributed by atoms with Crippen LogP contribution in [-0.4, -0.2) is 26.7 Å². The average Bonchev–Trinajstić information content (AvgIpc) is 2.60. The smallest absolute Gasteiger partial charge is 0.213 e. The Bertz CT molecular complexity index is 889. The molecule has 0 spiro atoms. The van der Waals surface area contributed by atoms with Gasteiger partial charge in [-0.3, -0.25) is 4.99 Å². The zero-order valence-electron chi connectivity index (χ0n) is 14.8. The Morgan fingerprint density at radius 2 is 1.89 bits per heavy atom. The topological polar surface area (TPSA) is 96.6 Å². The number of hydrogen-bond donors (Lipinski definition) is 3. The summed E-state index contributed by atoms with van der Waals surface area (Å²) in [6, 6.07) is 14.3. The van der Waals surface area contributed by atoms with Crippen molar-refractivity contribution in [1.29, 1.82) is 0 Å². The lowest BCUT2D eigenvalue weighted by Crippen LogP contribution is -2.35. The van der Waals surface area contributed by atoms with Crippen LogP contribution in [0.25, 0.3) is 0 Å². The van der Waals surface area contributed by atoms with Gasteiger partial charge in [0.25, 0.3) is 0 Å². The van der Waals surface area contributed by atoms with Crippen molar-refractivity contribution >= 4 is 39.2 Å². The molecule has 1 unspecified atom stereocenters. The van der Waals surface area contributed by atoms with Gasteiger partial charge in [-0.05, 0) is 30.2 Å². The van der Waals surface area contributed by atoms with Gasteiger partial charge in [-0.2, -0.15) is 0 Å². The van der Waals surface area contributed by atoms with Crippen molar-refractivity contribution in [2.45, 2.75) is 19.5 Å². The van der Waals surface area contributed by atoms with Crippen LogP contribution in [0.15, 0.2) is 53.5 Å². The molecule has 2 aromatic rings. The maximum atomic E-state index is 12.0. The molecule has 0 fully saturated rings. The highest BCUT2D eigenvalue weighted by Crippen LogP contribution is 2.25. The number of nitrogens with one attached hydrogen (secondary N) is 2. The van der Waals surface area contributed by atoms with Gasteiger partial charge in [0.1, 0.15) is 0 Å². The molecule has 0 saturated carbocycles. The molecule has 2 aromatic carbocycles. The zero-order chi connectivity index (χ0) is 19.9. The first-order chi connectivity index (χ1) is 12.8. The summed E-state index contributed by atoms with van der Waals surface area (Å²) in [6.45, 7) is 2.16. The molecule has 146 valence electrons. The molecule has 27 heavy (non-hydrogen) atoms. The van der Waals surface area contributed by atoms with Crippen LogP contribution in [-0.2, 0) is 16.6 Å². The van der Waals surface area contributed by atoms with E-state index in [4.69, 9.17) is 28.9 Å². The summed E-state index contributed by atoms with van der Waals surface area (Å²) >= 11 is 12.1. The second kappa shape index (κ2) is 9.94. The molecule has 0 aromatic heterocycles. The predicted molar refractivity (Wildman–Crippen MR) is 112 cm³/mol. The average molecular weight is 429 g/mol. The maximum Gasteiger partial charge on any atom is 0.213 e. The molecule has 1 atom stereocenters. The van der Waals surface area contributed by atoms with Gasteiger partial charge in [0.2, 0.25) is 10.0 Å². The van der Waals surface area contributed by atoms with Crippen LogP contribution in [0.5, 0.6) is 0 Å². The van der Waals surface area contributed by atoms with E-state index in [2.05, 4.69) is 15.0 Å². The van der Waals surface area contributed by atoms with Crippen molar-refractivity contribution in [3.8, 4) is 0 Å². The Morgan fingerprint density at radius 1 is 1.19 bits per heavy atom. The monoisotopic (exact) mass is 428 g/mol. The highest BCUT2D eigenvalue weighted by molar-refractivity contribution is 7.89. The van der Waals surface area contributed by atoms with Crippen molar-refractivity contribution in [1.82, 2.24) is 10.0 Å². The Morgan fingerprint density at radius 3 is 2.56 bits per heavy atom. The minimum atomic E-state index is -3.44. The van der Waals surface area contributed by atoms with Gasteiger partial charge in [-0.1, -0.05) is 59.6 Å². The Balaban J connectivity index is 1.83. The quantitative estimate of drug-likeness (QED) is 0.444. The summed E-state index contributed by atoms with van der Waals surface area (Å²) in [6.07, 6.45) is 0. The van der Waals surface area contributed by atoms with Crippen LogP contribution in [0.1, 0.15) is 24.1 Å². The molecule has 0 aliphatic heterocycles. The lowest BCUT2D eigenvalue weighted by atomic mass is 10.1. The van der Waals surface area contributed by atoms with E-state index in [1.807, 2.05) is 37.3 Å². The summed E-state index contributed by atoms with van der Waals surface area (Å²) in [4.78, 5) is 4.07. The molecule has 2 rings (SSSR count). The van der Waals surface area contributed by atoms with Crippen LogP contribution < -0.4 is 15.8 Å². The Labute approximate surface area is 169 Å². The first-order valence-electron chi connectivity index (χ1n) is 8.29. The lowest BCUT2D eigenvalue weighted by Gasteiger charge is -2.16. The molecule has 0 aliphatic rings. The molecule has 6 nitrogen and oxygen atoms in total. The van der Waals surface area contributed by atoms with E-state index in [1.54, 1.807) is 18.2 Å². The minimum absolute atomic E-state index is 0.0457. The fourth-order valence-corrected chi connectivity index (χ4v) is 3.78. The Hall–Kier alpha value is -1.80. The predicted octanol–water partition coefficient (Wildman–Crippen LogP) is 3.08. The summed E-state index contributed by atoms with van der Waals surface area (Å²) in [5, 5.41) is 4.05.